The third-order valence-electron chi connectivity index (χ3n) is 5.32. The van der Waals surface area contributed by atoms with Gasteiger partial charge in [0.05, 0.1) is 5.92 Å². The van der Waals surface area contributed by atoms with Crippen molar-refractivity contribution in [1.29, 1.82) is 5.41 Å². The average Bonchev–Trinajstić information content (AvgIpc) is 3.22. The summed E-state index contributed by atoms with van der Waals surface area (Å²) in [7, 11) is 0. The average molecular weight is 431 g/mol. The fourth-order valence-corrected chi connectivity index (χ4v) is 3.53. The lowest BCUT2D eigenvalue weighted by Gasteiger charge is -2.18. The second kappa shape index (κ2) is 9.63. The number of nitrogens with zero attached hydrogens (tertiary/aromatic N) is 1. The Morgan fingerprint density at radius 2 is 1.83 bits per heavy atom. The molecule has 160 valence electrons. The van der Waals surface area contributed by atoms with Gasteiger partial charge in [0, 0.05) is 35.5 Å². The molecule has 7 nitrogen and oxygen atoms in total. The molecule has 30 heavy (non-hydrogen) atoms. The van der Waals surface area contributed by atoms with E-state index in [1.807, 2.05) is 11.8 Å². The van der Waals surface area contributed by atoms with E-state index in [1.54, 1.807) is 31.2 Å². The smallest absolute Gasteiger partial charge is 0.254 e. The van der Waals surface area contributed by atoms with Gasteiger partial charge in [-0.1, -0.05) is 0 Å². The normalized spacial score (nSPS) is 14.0. The molecule has 0 spiro atoms. The van der Waals surface area contributed by atoms with Gasteiger partial charge >= 0.3 is 0 Å². The number of anilines is 1. The minimum absolute atomic E-state index is 0. The first-order chi connectivity index (χ1) is 13.8. The quantitative estimate of drug-likeness (QED) is 0.429. The summed E-state index contributed by atoms with van der Waals surface area (Å²) in [6, 6.07) is 9.74. The molecule has 1 unspecified atom stereocenters. The molecule has 0 aliphatic carbocycles. The van der Waals surface area contributed by atoms with Crippen molar-refractivity contribution < 1.29 is 14.7 Å². The molecule has 1 saturated heterocycles. The highest BCUT2D eigenvalue weighted by Gasteiger charge is 2.22. The van der Waals surface area contributed by atoms with E-state index in [4.69, 9.17) is 11.1 Å². The van der Waals surface area contributed by atoms with Gasteiger partial charge in [-0.2, -0.15) is 0 Å². The molecule has 2 amide bonds. The van der Waals surface area contributed by atoms with Crippen LogP contribution in [0.25, 0.3) is 0 Å². The van der Waals surface area contributed by atoms with E-state index in [0.717, 1.165) is 31.5 Å². The zero-order valence-electron chi connectivity index (χ0n) is 17.1. The first-order valence-electron chi connectivity index (χ1n) is 9.66. The van der Waals surface area contributed by atoms with Gasteiger partial charge in [-0.15, -0.1) is 12.4 Å². The minimum atomic E-state index is -0.652. The maximum atomic E-state index is 12.7. The monoisotopic (exact) mass is 430 g/mol. The van der Waals surface area contributed by atoms with Crippen molar-refractivity contribution in [1.82, 2.24) is 4.90 Å². The van der Waals surface area contributed by atoms with E-state index in [9.17, 15) is 14.7 Å². The van der Waals surface area contributed by atoms with Gasteiger partial charge in [0.1, 0.15) is 11.6 Å². The standard InChI is InChI=1S/C22H26N4O3.ClH/c1-13-11-16(6-7-17(13)22(29)26-9-3-4-10-26)25-21(28)14(2)18-12-15(20(23)24)5-8-19(18)27;/h5-8,11-12,14,27H,3-4,9-10H2,1-2H3,(H3,23,24)(H,25,28);1H. The lowest BCUT2D eigenvalue weighted by molar-refractivity contribution is -0.117. The number of amidine groups is 1. The summed E-state index contributed by atoms with van der Waals surface area (Å²) in [4.78, 5) is 27.2. The lowest BCUT2D eigenvalue weighted by atomic mass is 9.96. The molecular weight excluding hydrogens is 404 g/mol. The summed E-state index contributed by atoms with van der Waals surface area (Å²) in [5.74, 6) is -1.09. The maximum Gasteiger partial charge on any atom is 0.254 e. The zero-order valence-corrected chi connectivity index (χ0v) is 17.9. The Bertz CT molecular complexity index is 971. The molecular formula is C22H27ClN4O3. The summed E-state index contributed by atoms with van der Waals surface area (Å²) in [6.45, 7) is 5.10. The highest BCUT2D eigenvalue weighted by atomic mass is 35.5. The fourth-order valence-electron chi connectivity index (χ4n) is 3.53. The summed E-state index contributed by atoms with van der Waals surface area (Å²) in [6.07, 6.45) is 2.07. The number of amides is 2. The van der Waals surface area contributed by atoms with Gasteiger partial charge in [0.25, 0.3) is 5.91 Å². The van der Waals surface area contributed by atoms with Crippen LogP contribution in [0.3, 0.4) is 0 Å². The Balaban J connectivity index is 0.00000320. The van der Waals surface area contributed by atoms with Gasteiger partial charge in [-0.25, -0.2) is 0 Å². The minimum Gasteiger partial charge on any atom is -0.508 e. The number of likely N-dealkylation sites (tertiary alicyclic amines) is 1. The molecule has 0 bridgehead atoms. The molecule has 1 atom stereocenters. The summed E-state index contributed by atoms with van der Waals surface area (Å²) < 4.78 is 0. The summed E-state index contributed by atoms with van der Waals surface area (Å²) >= 11 is 0. The number of hydrogen-bond acceptors (Lipinski definition) is 4. The summed E-state index contributed by atoms with van der Waals surface area (Å²) in [5, 5.41) is 20.5. The fraction of sp³-hybridized carbons (Fsp3) is 0.318. The number of hydrogen-bond donors (Lipinski definition) is 4. The second-order valence-electron chi connectivity index (χ2n) is 7.43. The van der Waals surface area contributed by atoms with Crippen LogP contribution in [0.4, 0.5) is 5.69 Å². The number of halogens is 1. The molecule has 2 aromatic carbocycles. The Hall–Kier alpha value is -3.06. The van der Waals surface area contributed by atoms with Crippen LogP contribution < -0.4 is 11.1 Å². The van der Waals surface area contributed by atoms with Crippen molar-refractivity contribution in [3.8, 4) is 5.75 Å². The van der Waals surface area contributed by atoms with Crippen molar-refractivity contribution >= 4 is 35.7 Å². The molecule has 1 fully saturated rings. The predicted octanol–water partition coefficient (Wildman–Crippen LogP) is 3.38. The van der Waals surface area contributed by atoms with Gasteiger partial charge in [-0.05, 0) is 68.7 Å². The highest BCUT2D eigenvalue weighted by Crippen LogP contribution is 2.28. The molecule has 0 saturated carbocycles. The summed E-state index contributed by atoms with van der Waals surface area (Å²) in [5.41, 5.74) is 8.37. The van der Waals surface area contributed by atoms with Crippen LogP contribution in [-0.4, -0.2) is 40.7 Å². The van der Waals surface area contributed by atoms with E-state index in [-0.39, 0.29) is 35.8 Å². The number of aryl methyl sites for hydroxylation is 1. The van der Waals surface area contributed by atoms with Gasteiger partial charge in [0.15, 0.2) is 0 Å². The number of rotatable bonds is 5. The van der Waals surface area contributed by atoms with Crippen molar-refractivity contribution in [2.75, 3.05) is 18.4 Å². The largest absolute Gasteiger partial charge is 0.508 e. The van der Waals surface area contributed by atoms with E-state index < -0.39 is 5.92 Å². The van der Waals surface area contributed by atoms with Gasteiger partial charge in [-0.3, -0.25) is 15.0 Å². The van der Waals surface area contributed by atoms with Crippen molar-refractivity contribution in [2.24, 2.45) is 5.73 Å². The third-order valence-corrected chi connectivity index (χ3v) is 5.32. The van der Waals surface area contributed by atoms with Crippen molar-refractivity contribution in [2.45, 2.75) is 32.6 Å². The Morgan fingerprint density at radius 1 is 1.17 bits per heavy atom. The molecule has 1 aliphatic heterocycles. The number of carbonyl (C=O) groups excluding carboxylic acids is 2. The van der Waals surface area contributed by atoms with E-state index in [2.05, 4.69) is 5.32 Å². The number of nitrogens with two attached hydrogens (primary N) is 1. The number of nitrogen functional groups attached to an aromatic ring is 1. The predicted molar refractivity (Wildman–Crippen MR) is 120 cm³/mol. The Morgan fingerprint density at radius 3 is 2.43 bits per heavy atom. The Kier molecular flexibility index (Phi) is 7.45. The third kappa shape index (κ3) is 4.91. The topological polar surface area (TPSA) is 120 Å². The van der Waals surface area contributed by atoms with Crippen molar-refractivity contribution in [3.63, 3.8) is 0 Å². The molecule has 0 radical (unpaired) electrons. The molecule has 5 N–H and O–H groups in total. The maximum absolute atomic E-state index is 12.7. The van der Waals surface area contributed by atoms with E-state index >= 15 is 0 Å². The van der Waals surface area contributed by atoms with Crippen LogP contribution >= 0.6 is 12.4 Å². The van der Waals surface area contributed by atoms with Gasteiger partial charge < -0.3 is 21.1 Å². The van der Waals surface area contributed by atoms with Crippen LogP contribution in [0.1, 0.15) is 52.7 Å². The van der Waals surface area contributed by atoms with Crippen LogP contribution in [0.5, 0.6) is 5.75 Å². The zero-order chi connectivity index (χ0) is 21.1. The number of nitrogens with one attached hydrogen (secondary N) is 2. The number of carbonyl (C=O) groups is 2. The first-order valence-corrected chi connectivity index (χ1v) is 9.66. The molecule has 3 rings (SSSR count). The number of phenols is 1. The van der Waals surface area contributed by atoms with Crippen LogP contribution in [0.15, 0.2) is 36.4 Å². The number of phenolic OH excluding ortho intramolecular Hbond substituents is 1. The highest BCUT2D eigenvalue weighted by molar-refractivity contribution is 6.00. The molecule has 1 heterocycles. The van der Waals surface area contributed by atoms with E-state index in [1.165, 1.54) is 12.1 Å². The van der Waals surface area contributed by atoms with Gasteiger partial charge in [0.2, 0.25) is 5.91 Å². The van der Waals surface area contributed by atoms with Crippen LogP contribution in [0, 0.1) is 12.3 Å². The molecule has 0 aromatic heterocycles. The number of aromatic hydroxyl groups is 1. The van der Waals surface area contributed by atoms with E-state index in [0.29, 0.717) is 22.4 Å². The molecule has 1 aliphatic rings. The second-order valence-corrected chi connectivity index (χ2v) is 7.43. The van der Waals surface area contributed by atoms with Crippen LogP contribution in [0.2, 0.25) is 0 Å². The number of benzene rings is 2. The first kappa shape index (κ1) is 23.2. The van der Waals surface area contributed by atoms with Crippen LogP contribution in [-0.2, 0) is 4.79 Å². The molecule has 8 heteroatoms. The Labute approximate surface area is 182 Å². The SMILES string of the molecule is Cc1cc(NC(=O)C(C)c2cc(C(=N)N)ccc2O)ccc1C(=O)N1CCCC1.Cl. The lowest BCUT2D eigenvalue weighted by Crippen LogP contribution is -2.28. The molecule has 2 aromatic rings. The van der Waals surface area contributed by atoms with Crippen molar-refractivity contribution in [3.05, 3.63) is 58.7 Å².